The predicted octanol–water partition coefficient (Wildman–Crippen LogP) is 2.19. The normalized spacial score (nSPS) is 10.1. The number of aromatic nitrogens is 1. The Labute approximate surface area is 113 Å². The minimum Gasteiger partial charge on any atom is -0.382 e. The van der Waals surface area contributed by atoms with E-state index in [1.54, 1.807) is 13.0 Å². The largest absolute Gasteiger partial charge is 0.382 e. The molecule has 2 aromatic rings. The molecule has 0 saturated heterocycles. The molecule has 0 aliphatic rings. The minimum absolute atomic E-state index is 0.148. The fourth-order valence-electron chi connectivity index (χ4n) is 1.75. The minimum atomic E-state index is -0.553. The number of carbonyl (C=O) groups excluding carboxylic acids is 1. The van der Waals surface area contributed by atoms with Crippen molar-refractivity contribution in [3.8, 4) is 0 Å². The zero-order valence-corrected chi connectivity index (χ0v) is 10.8. The van der Waals surface area contributed by atoms with Crippen LogP contribution in [-0.4, -0.2) is 23.0 Å². The Morgan fingerprint density at radius 1 is 1.45 bits per heavy atom. The van der Waals surface area contributed by atoms with Crippen LogP contribution < -0.4 is 10.6 Å². The van der Waals surface area contributed by atoms with Crippen molar-refractivity contribution in [3.05, 3.63) is 45.7 Å². The number of nitro benzene ring substituents is 1. The summed E-state index contributed by atoms with van der Waals surface area (Å²) in [5.74, 6) is 0.292. The number of nitrogens with one attached hydrogen (secondary N) is 2. The predicted molar refractivity (Wildman–Crippen MR) is 71.8 cm³/mol. The first-order chi connectivity index (χ1) is 9.52. The fourth-order valence-corrected chi connectivity index (χ4v) is 1.75. The van der Waals surface area contributed by atoms with Crippen LogP contribution in [0.2, 0.25) is 0 Å². The molecule has 1 aromatic heterocycles. The molecule has 0 bridgehead atoms. The summed E-state index contributed by atoms with van der Waals surface area (Å²) in [5, 5.41) is 19.7. The number of carbonyl (C=O) groups is 1. The Kier molecular flexibility index (Phi) is 3.65. The molecule has 0 saturated carbocycles. The van der Waals surface area contributed by atoms with Crippen LogP contribution in [-0.2, 0) is 0 Å². The van der Waals surface area contributed by atoms with Crippen LogP contribution >= 0.6 is 0 Å². The summed E-state index contributed by atoms with van der Waals surface area (Å²) in [6, 6.07) is 5.81. The average molecular weight is 276 g/mol. The first-order valence-electron chi connectivity index (χ1n) is 5.72. The van der Waals surface area contributed by atoms with Gasteiger partial charge in [0.2, 0.25) is 0 Å². The van der Waals surface area contributed by atoms with Crippen LogP contribution in [0.1, 0.15) is 16.1 Å². The molecule has 20 heavy (non-hydrogen) atoms. The molecular weight excluding hydrogens is 264 g/mol. The van der Waals surface area contributed by atoms with E-state index in [1.165, 1.54) is 25.2 Å². The van der Waals surface area contributed by atoms with E-state index in [-0.39, 0.29) is 22.8 Å². The van der Waals surface area contributed by atoms with Gasteiger partial charge in [-0.3, -0.25) is 14.9 Å². The topological polar surface area (TPSA) is 110 Å². The van der Waals surface area contributed by atoms with Crippen LogP contribution in [0.25, 0.3) is 0 Å². The van der Waals surface area contributed by atoms with Gasteiger partial charge >= 0.3 is 0 Å². The Bertz CT molecular complexity index is 665. The van der Waals surface area contributed by atoms with E-state index in [0.29, 0.717) is 5.76 Å². The Hall–Kier alpha value is -2.90. The number of amides is 1. The fraction of sp³-hybridized carbons (Fsp3) is 0.167. The van der Waals surface area contributed by atoms with Crippen molar-refractivity contribution >= 4 is 23.1 Å². The highest BCUT2D eigenvalue weighted by molar-refractivity contribution is 6.08. The van der Waals surface area contributed by atoms with Gasteiger partial charge in [0.1, 0.15) is 11.4 Å². The third kappa shape index (κ3) is 2.58. The molecule has 0 radical (unpaired) electrons. The van der Waals surface area contributed by atoms with Crippen LogP contribution in [0.15, 0.2) is 28.8 Å². The number of hydrogen-bond donors (Lipinski definition) is 2. The molecule has 0 atom stereocenters. The van der Waals surface area contributed by atoms with Crippen LogP contribution in [0.5, 0.6) is 0 Å². The quantitative estimate of drug-likeness (QED) is 0.654. The lowest BCUT2D eigenvalue weighted by Gasteiger charge is -2.08. The zero-order valence-electron chi connectivity index (χ0n) is 10.8. The van der Waals surface area contributed by atoms with Crippen molar-refractivity contribution in [1.29, 1.82) is 0 Å². The maximum atomic E-state index is 12.1. The average Bonchev–Trinajstić information content (AvgIpc) is 2.82. The van der Waals surface area contributed by atoms with Crippen molar-refractivity contribution < 1.29 is 14.2 Å². The van der Waals surface area contributed by atoms with Gasteiger partial charge in [-0.05, 0) is 13.0 Å². The summed E-state index contributed by atoms with van der Waals surface area (Å²) >= 11 is 0. The molecule has 104 valence electrons. The summed E-state index contributed by atoms with van der Waals surface area (Å²) in [6.07, 6.45) is 0. The van der Waals surface area contributed by atoms with E-state index < -0.39 is 10.8 Å². The van der Waals surface area contributed by atoms with Crippen LogP contribution in [0.4, 0.5) is 17.2 Å². The highest BCUT2D eigenvalue weighted by Crippen LogP contribution is 2.28. The Balaban J connectivity index is 2.34. The van der Waals surface area contributed by atoms with Gasteiger partial charge in [0.25, 0.3) is 11.6 Å². The van der Waals surface area contributed by atoms with E-state index in [9.17, 15) is 14.9 Å². The molecule has 0 aliphatic carbocycles. The van der Waals surface area contributed by atoms with Crippen molar-refractivity contribution in [2.24, 2.45) is 0 Å². The first-order valence-corrected chi connectivity index (χ1v) is 5.72. The second-order valence-corrected chi connectivity index (χ2v) is 3.98. The van der Waals surface area contributed by atoms with E-state index in [2.05, 4.69) is 15.8 Å². The van der Waals surface area contributed by atoms with Crippen molar-refractivity contribution in [2.75, 3.05) is 17.7 Å². The summed E-state index contributed by atoms with van der Waals surface area (Å²) in [7, 11) is 1.51. The van der Waals surface area contributed by atoms with E-state index in [0.717, 1.165) is 0 Å². The van der Waals surface area contributed by atoms with Gasteiger partial charge < -0.3 is 15.2 Å². The van der Waals surface area contributed by atoms with Gasteiger partial charge in [-0.1, -0.05) is 11.2 Å². The number of para-hydroxylation sites is 1. The molecule has 0 spiro atoms. The summed E-state index contributed by atoms with van der Waals surface area (Å²) in [4.78, 5) is 22.5. The third-order valence-electron chi connectivity index (χ3n) is 2.60. The molecular formula is C12H12N4O4. The maximum absolute atomic E-state index is 12.1. The highest BCUT2D eigenvalue weighted by Gasteiger charge is 2.21. The molecule has 8 nitrogen and oxygen atoms in total. The molecule has 0 aliphatic heterocycles. The summed E-state index contributed by atoms with van der Waals surface area (Å²) in [5.41, 5.74) is 0.133. The molecule has 2 N–H and O–H groups in total. The van der Waals surface area contributed by atoms with Gasteiger partial charge in [-0.15, -0.1) is 0 Å². The van der Waals surface area contributed by atoms with E-state index >= 15 is 0 Å². The number of nitrogens with zero attached hydrogens (tertiary/aromatic N) is 2. The van der Waals surface area contributed by atoms with E-state index in [4.69, 9.17) is 4.52 Å². The number of rotatable bonds is 4. The maximum Gasteiger partial charge on any atom is 0.293 e. The number of benzene rings is 1. The van der Waals surface area contributed by atoms with Crippen molar-refractivity contribution in [1.82, 2.24) is 5.16 Å². The Morgan fingerprint density at radius 2 is 2.20 bits per heavy atom. The lowest BCUT2D eigenvalue weighted by atomic mass is 10.1. The van der Waals surface area contributed by atoms with Gasteiger partial charge in [0, 0.05) is 19.2 Å². The standard InChI is InChI=1S/C12H12N4O4/c1-7-6-10(15-20-7)14-12(17)8-4-3-5-9(16(18)19)11(8)13-2/h3-6,13H,1-2H3,(H,14,15,17). The molecule has 1 heterocycles. The first kappa shape index (κ1) is 13.5. The molecule has 1 amide bonds. The summed E-state index contributed by atoms with van der Waals surface area (Å²) in [6.45, 7) is 1.69. The zero-order chi connectivity index (χ0) is 14.7. The Morgan fingerprint density at radius 3 is 2.75 bits per heavy atom. The van der Waals surface area contributed by atoms with Crippen molar-refractivity contribution in [3.63, 3.8) is 0 Å². The lowest BCUT2D eigenvalue weighted by Crippen LogP contribution is -2.15. The molecule has 1 aromatic carbocycles. The van der Waals surface area contributed by atoms with Gasteiger partial charge in [-0.25, -0.2) is 0 Å². The third-order valence-corrected chi connectivity index (χ3v) is 2.60. The van der Waals surface area contributed by atoms with Crippen LogP contribution in [0.3, 0.4) is 0 Å². The number of aryl methyl sites for hydroxylation is 1. The SMILES string of the molecule is CNc1c(C(=O)Nc2cc(C)on2)cccc1[N+](=O)[O-]. The molecule has 0 fully saturated rings. The monoisotopic (exact) mass is 276 g/mol. The second kappa shape index (κ2) is 5.39. The smallest absolute Gasteiger partial charge is 0.293 e. The lowest BCUT2D eigenvalue weighted by molar-refractivity contribution is -0.384. The number of anilines is 2. The molecule has 2 rings (SSSR count). The highest BCUT2D eigenvalue weighted by atomic mass is 16.6. The van der Waals surface area contributed by atoms with Gasteiger partial charge in [0.05, 0.1) is 10.5 Å². The molecule has 0 unspecified atom stereocenters. The van der Waals surface area contributed by atoms with Gasteiger partial charge in [0.15, 0.2) is 5.82 Å². The number of hydrogen-bond acceptors (Lipinski definition) is 6. The number of nitro groups is 1. The van der Waals surface area contributed by atoms with E-state index in [1.807, 2.05) is 0 Å². The molecule has 8 heteroatoms. The van der Waals surface area contributed by atoms with Crippen molar-refractivity contribution in [2.45, 2.75) is 6.92 Å². The summed E-state index contributed by atoms with van der Waals surface area (Å²) < 4.78 is 4.83. The van der Waals surface area contributed by atoms with Gasteiger partial charge in [-0.2, -0.15) is 0 Å². The second-order valence-electron chi connectivity index (χ2n) is 3.98. The van der Waals surface area contributed by atoms with Crippen LogP contribution in [0, 0.1) is 17.0 Å².